The lowest BCUT2D eigenvalue weighted by molar-refractivity contribution is 0.625. The number of fused-ring (bicyclic) bond motifs is 3. The molecule has 100 valence electrons. The largest absolute Gasteiger partial charge is 0.206 e. The molecule has 0 spiro atoms. The van der Waals surface area contributed by atoms with Crippen LogP contribution in [0.5, 0.6) is 0 Å². The monoisotopic (exact) mass is 272 g/mol. The van der Waals surface area contributed by atoms with Crippen LogP contribution in [0.4, 0.5) is 4.39 Å². The Kier molecular flexibility index (Phi) is 2.71. The van der Waals surface area contributed by atoms with Gasteiger partial charge in [-0.15, -0.1) is 0 Å². The van der Waals surface area contributed by atoms with Crippen LogP contribution in [0.15, 0.2) is 72.8 Å². The molecule has 3 aromatic carbocycles. The molecule has 1 heteroatoms. The summed E-state index contributed by atoms with van der Waals surface area (Å²) < 4.78 is 14.0. The summed E-state index contributed by atoms with van der Waals surface area (Å²) in [6, 6.07) is 23.5. The second-order valence-corrected chi connectivity index (χ2v) is 5.17. The lowest BCUT2D eigenvalue weighted by Crippen LogP contribution is -1.85. The topological polar surface area (TPSA) is 0 Å². The van der Waals surface area contributed by atoms with Crippen molar-refractivity contribution < 1.29 is 4.39 Å². The summed E-state index contributed by atoms with van der Waals surface area (Å²) in [6.07, 6.45) is 1.94. The van der Waals surface area contributed by atoms with Crippen LogP contribution >= 0.6 is 0 Å². The van der Waals surface area contributed by atoms with Crippen LogP contribution < -0.4 is 0 Å². The summed E-state index contributed by atoms with van der Waals surface area (Å²) in [6.45, 7) is 0. The summed E-state index contributed by atoms with van der Waals surface area (Å²) in [4.78, 5) is 0. The zero-order valence-corrected chi connectivity index (χ0v) is 11.4. The van der Waals surface area contributed by atoms with Gasteiger partial charge in [0.05, 0.1) is 0 Å². The first-order valence-corrected chi connectivity index (χ1v) is 7.00. The van der Waals surface area contributed by atoms with Gasteiger partial charge in [0, 0.05) is 5.56 Å². The molecular weight excluding hydrogens is 259 g/mol. The third-order valence-electron chi connectivity index (χ3n) is 3.93. The SMILES string of the molecule is Fc1ccccc1C=C1c2ccccc2-c2ccccc21. The molecule has 1 aliphatic carbocycles. The molecule has 0 aliphatic heterocycles. The highest BCUT2D eigenvalue weighted by Crippen LogP contribution is 2.44. The van der Waals surface area contributed by atoms with Gasteiger partial charge in [0.1, 0.15) is 5.82 Å². The summed E-state index contributed by atoms with van der Waals surface area (Å²) >= 11 is 0. The first-order valence-electron chi connectivity index (χ1n) is 7.00. The van der Waals surface area contributed by atoms with Crippen molar-refractivity contribution in [2.75, 3.05) is 0 Å². The van der Waals surface area contributed by atoms with E-state index in [1.165, 1.54) is 28.3 Å². The molecule has 0 heterocycles. The van der Waals surface area contributed by atoms with Crippen LogP contribution in [0, 0.1) is 5.82 Å². The predicted octanol–water partition coefficient (Wildman–Crippen LogP) is 5.40. The van der Waals surface area contributed by atoms with Crippen molar-refractivity contribution in [3.63, 3.8) is 0 Å². The van der Waals surface area contributed by atoms with Gasteiger partial charge in [-0.1, -0.05) is 66.7 Å². The Morgan fingerprint density at radius 3 is 1.62 bits per heavy atom. The molecule has 0 unspecified atom stereocenters. The molecule has 0 saturated heterocycles. The minimum atomic E-state index is -0.188. The van der Waals surface area contributed by atoms with Gasteiger partial charge in [0.15, 0.2) is 0 Å². The first-order chi connectivity index (χ1) is 10.3. The van der Waals surface area contributed by atoms with E-state index in [2.05, 4.69) is 24.3 Å². The maximum atomic E-state index is 14.0. The fourth-order valence-electron chi connectivity index (χ4n) is 2.95. The van der Waals surface area contributed by atoms with Crippen molar-refractivity contribution in [3.8, 4) is 11.1 Å². The van der Waals surface area contributed by atoms with Crippen LogP contribution in [-0.2, 0) is 0 Å². The summed E-state index contributed by atoms with van der Waals surface area (Å²) in [5.41, 5.74) is 6.49. The van der Waals surface area contributed by atoms with Crippen LogP contribution in [0.2, 0.25) is 0 Å². The van der Waals surface area contributed by atoms with Gasteiger partial charge in [-0.05, 0) is 40.0 Å². The average Bonchev–Trinajstić information content (AvgIpc) is 2.85. The molecule has 1 aliphatic rings. The molecular formula is C20H13F. The highest BCUT2D eigenvalue weighted by atomic mass is 19.1. The molecule has 0 fully saturated rings. The molecule has 3 aromatic rings. The lowest BCUT2D eigenvalue weighted by Gasteiger charge is -2.04. The molecule has 0 saturated carbocycles. The Morgan fingerprint density at radius 2 is 1.05 bits per heavy atom. The summed E-state index contributed by atoms with van der Waals surface area (Å²) in [7, 11) is 0. The standard InChI is InChI=1S/C20H13F/c21-20-12-6-1-7-14(20)13-19-17-10-4-2-8-15(17)16-9-3-5-11-18(16)19/h1-13H. The average molecular weight is 272 g/mol. The Balaban J connectivity index is 1.99. The molecule has 4 rings (SSSR count). The van der Waals surface area contributed by atoms with E-state index in [0.717, 1.165) is 5.57 Å². The molecule has 0 bridgehead atoms. The van der Waals surface area contributed by atoms with Crippen molar-refractivity contribution in [2.45, 2.75) is 0 Å². The number of halogens is 1. The van der Waals surface area contributed by atoms with Crippen molar-refractivity contribution in [3.05, 3.63) is 95.3 Å². The summed E-state index contributed by atoms with van der Waals surface area (Å²) in [5.74, 6) is -0.188. The van der Waals surface area contributed by atoms with E-state index in [1.807, 2.05) is 42.5 Å². The minimum absolute atomic E-state index is 0.188. The fourth-order valence-corrected chi connectivity index (χ4v) is 2.95. The van der Waals surface area contributed by atoms with E-state index in [4.69, 9.17) is 0 Å². The van der Waals surface area contributed by atoms with Crippen molar-refractivity contribution in [1.82, 2.24) is 0 Å². The molecule has 21 heavy (non-hydrogen) atoms. The summed E-state index contributed by atoms with van der Waals surface area (Å²) in [5, 5.41) is 0. The van der Waals surface area contributed by atoms with E-state index in [1.54, 1.807) is 6.07 Å². The van der Waals surface area contributed by atoms with Crippen molar-refractivity contribution >= 4 is 11.6 Å². The lowest BCUT2D eigenvalue weighted by atomic mass is 10.0. The smallest absolute Gasteiger partial charge is 0.130 e. The van der Waals surface area contributed by atoms with E-state index >= 15 is 0 Å². The van der Waals surface area contributed by atoms with E-state index in [0.29, 0.717) is 5.56 Å². The van der Waals surface area contributed by atoms with Gasteiger partial charge < -0.3 is 0 Å². The van der Waals surface area contributed by atoms with Crippen molar-refractivity contribution in [2.24, 2.45) is 0 Å². The quantitative estimate of drug-likeness (QED) is 0.435. The zero-order chi connectivity index (χ0) is 14.2. The van der Waals surface area contributed by atoms with Gasteiger partial charge in [-0.25, -0.2) is 4.39 Å². The maximum Gasteiger partial charge on any atom is 0.130 e. The number of hydrogen-bond acceptors (Lipinski definition) is 0. The number of rotatable bonds is 1. The third-order valence-corrected chi connectivity index (χ3v) is 3.93. The highest BCUT2D eigenvalue weighted by Gasteiger charge is 2.22. The van der Waals surface area contributed by atoms with Crippen LogP contribution in [0.3, 0.4) is 0 Å². The first kappa shape index (κ1) is 12.1. The van der Waals surface area contributed by atoms with Crippen molar-refractivity contribution in [1.29, 1.82) is 0 Å². The molecule has 0 nitrogen and oxygen atoms in total. The van der Waals surface area contributed by atoms with E-state index in [9.17, 15) is 4.39 Å². The zero-order valence-electron chi connectivity index (χ0n) is 11.4. The van der Waals surface area contributed by atoms with Gasteiger partial charge >= 0.3 is 0 Å². The number of hydrogen-bond donors (Lipinski definition) is 0. The van der Waals surface area contributed by atoms with Gasteiger partial charge in [0.2, 0.25) is 0 Å². The molecule has 0 atom stereocenters. The van der Waals surface area contributed by atoms with Gasteiger partial charge in [0.25, 0.3) is 0 Å². The van der Waals surface area contributed by atoms with Crippen LogP contribution in [-0.4, -0.2) is 0 Å². The van der Waals surface area contributed by atoms with Crippen LogP contribution in [0.25, 0.3) is 22.8 Å². The van der Waals surface area contributed by atoms with Crippen LogP contribution in [0.1, 0.15) is 16.7 Å². The predicted molar refractivity (Wildman–Crippen MR) is 85.3 cm³/mol. The number of benzene rings is 3. The highest BCUT2D eigenvalue weighted by molar-refractivity contribution is 6.06. The molecule has 0 radical (unpaired) electrons. The minimum Gasteiger partial charge on any atom is -0.206 e. The van der Waals surface area contributed by atoms with E-state index in [-0.39, 0.29) is 5.82 Å². The Labute approximate surface area is 123 Å². The Bertz CT molecular complexity index is 811. The van der Waals surface area contributed by atoms with Gasteiger partial charge in [-0.3, -0.25) is 0 Å². The molecule has 0 aromatic heterocycles. The third kappa shape index (κ3) is 1.90. The Hall–Kier alpha value is -2.67. The fraction of sp³-hybridized carbons (Fsp3) is 0. The van der Waals surface area contributed by atoms with Gasteiger partial charge in [-0.2, -0.15) is 0 Å². The molecule has 0 N–H and O–H groups in total. The van der Waals surface area contributed by atoms with E-state index < -0.39 is 0 Å². The second kappa shape index (κ2) is 4.71. The maximum absolute atomic E-state index is 14.0. The normalized spacial score (nSPS) is 12.0. The Morgan fingerprint density at radius 1 is 0.571 bits per heavy atom. The molecule has 0 amide bonds. The second-order valence-electron chi connectivity index (χ2n) is 5.17.